The largest absolute Gasteiger partial charge is 0.481 e. The summed E-state index contributed by atoms with van der Waals surface area (Å²) in [5, 5.41) is 11.4. The standard InChI is InChI=1S/C11H22N2O4/c1-4-9(7-10(14)15)8-12-11(16)13(2)5-6-17-3/h9H,4-8H2,1-3H3,(H,12,16)(H,14,15). The molecule has 2 N–H and O–H groups in total. The molecule has 1 unspecified atom stereocenters. The summed E-state index contributed by atoms with van der Waals surface area (Å²) >= 11 is 0. The van der Waals surface area contributed by atoms with E-state index in [2.05, 4.69) is 5.32 Å². The average molecular weight is 246 g/mol. The fourth-order valence-electron chi connectivity index (χ4n) is 1.30. The Kier molecular flexibility index (Phi) is 8.13. The number of hydrogen-bond acceptors (Lipinski definition) is 3. The van der Waals surface area contributed by atoms with Crippen molar-refractivity contribution in [3.05, 3.63) is 0 Å². The van der Waals surface area contributed by atoms with Crippen molar-refractivity contribution in [1.82, 2.24) is 10.2 Å². The number of nitrogens with one attached hydrogen (secondary N) is 1. The van der Waals surface area contributed by atoms with Crippen LogP contribution < -0.4 is 5.32 Å². The molecule has 2 amide bonds. The van der Waals surface area contributed by atoms with E-state index in [4.69, 9.17) is 9.84 Å². The Morgan fingerprint density at radius 3 is 2.59 bits per heavy atom. The van der Waals surface area contributed by atoms with E-state index in [1.165, 1.54) is 4.90 Å². The van der Waals surface area contributed by atoms with Crippen molar-refractivity contribution in [2.45, 2.75) is 19.8 Å². The predicted octanol–water partition coefficient (Wildman–Crippen LogP) is 0.775. The highest BCUT2D eigenvalue weighted by atomic mass is 16.5. The highest BCUT2D eigenvalue weighted by molar-refractivity contribution is 5.74. The number of carbonyl (C=O) groups excluding carboxylic acids is 1. The van der Waals surface area contributed by atoms with Gasteiger partial charge in [-0.15, -0.1) is 0 Å². The van der Waals surface area contributed by atoms with Crippen LogP contribution >= 0.6 is 0 Å². The third-order valence-corrected chi connectivity index (χ3v) is 2.56. The fourth-order valence-corrected chi connectivity index (χ4v) is 1.30. The van der Waals surface area contributed by atoms with Gasteiger partial charge in [-0.05, 0) is 5.92 Å². The second kappa shape index (κ2) is 8.81. The molecule has 0 aromatic carbocycles. The van der Waals surface area contributed by atoms with E-state index in [1.54, 1.807) is 14.2 Å². The van der Waals surface area contributed by atoms with Crippen molar-refractivity contribution < 1.29 is 19.4 Å². The van der Waals surface area contributed by atoms with Crippen LogP contribution in [0.4, 0.5) is 4.79 Å². The maximum Gasteiger partial charge on any atom is 0.317 e. The van der Waals surface area contributed by atoms with Gasteiger partial charge in [0.15, 0.2) is 0 Å². The van der Waals surface area contributed by atoms with E-state index in [1.807, 2.05) is 6.92 Å². The minimum Gasteiger partial charge on any atom is -0.481 e. The molecule has 1 atom stereocenters. The molecule has 0 saturated carbocycles. The van der Waals surface area contributed by atoms with E-state index in [0.29, 0.717) is 19.7 Å². The molecule has 0 rings (SSSR count). The molecule has 0 spiro atoms. The summed E-state index contributed by atoms with van der Waals surface area (Å²) in [5.74, 6) is -0.855. The number of urea groups is 1. The van der Waals surface area contributed by atoms with E-state index < -0.39 is 5.97 Å². The van der Waals surface area contributed by atoms with Crippen LogP contribution in [0.15, 0.2) is 0 Å². The number of nitrogens with zero attached hydrogens (tertiary/aromatic N) is 1. The Bertz CT molecular complexity index is 246. The third-order valence-electron chi connectivity index (χ3n) is 2.56. The summed E-state index contributed by atoms with van der Waals surface area (Å²) in [7, 11) is 3.25. The molecule has 0 aliphatic rings. The molecule has 100 valence electrons. The number of rotatable bonds is 8. The lowest BCUT2D eigenvalue weighted by molar-refractivity contribution is -0.138. The molecule has 0 aliphatic heterocycles. The lowest BCUT2D eigenvalue weighted by Gasteiger charge is -2.19. The number of amides is 2. The molecule has 0 bridgehead atoms. The topological polar surface area (TPSA) is 78.9 Å². The minimum atomic E-state index is -0.834. The molecule has 6 nitrogen and oxygen atoms in total. The maximum atomic E-state index is 11.6. The number of hydrogen-bond donors (Lipinski definition) is 2. The second-order valence-corrected chi connectivity index (χ2v) is 3.97. The molecule has 0 heterocycles. The van der Waals surface area contributed by atoms with Crippen LogP contribution in [0.5, 0.6) is 0 Å². The lowest BCUT2D eigenvalue weighted by Crippen LogP contribution is -2.41. The first-order valence-corrected chi connectivity index (χ1v) is 5.70. The SMILES string of the molecule is CCC(CNC(=O)N(C)CCOC)CC(=O)O. The number of carboxylic acid groups (broad SMARTS) is 1. The van der Waals surface area contributed by atoms with Crippen LogP contribution in [0, 0.1) is 5.92 Å². The van der Waals surface area contributed by atoms with E-state index in [0.717, 1.165) is 6.42 Å². The smallest absolute Gasteiger partial charge is 0.317 e. The molecular formula is C11H22N2O4. The average Bonchev–Trinajstić information content (AvgIpc) is 2.30. The number of methoxy groups -OCH3 is 1. The van der Waals surface area contributed by atoms with Crippen LogP contribution in [0.25, 0.3) is 0 Å². The van der Waals surface area contributed by atoms with E-state index in [9.17, 15) is 9.59 Å². The van der Waals surface area contributed by atoms with Crippen molar-refractivity contribution in [2.24, 2.45) is 5.92 Å². The Morgan fingerprint density at radius 2 is 2.12 bits per heavy atom. The third kappa shape index (κ3) is 7.57. The number of ether oxygens (including phenoxy) is 1. The molecule has 6 heteroatoms. The van der Waals surface area contributed by atoms with Gasteiger partial charge in [0, 0.05) is 33.7 Å². The Hall–Kier alpha value is -1.30. The Balaban J connectivity index is 3.90. The molecule has 0 aromatic rings. The van der Waals surface area contributed by atoms with Crippen LogP contribution in [-0.2, 0) is 9.53 Å². The van der Waals surface area contributed by atoms with Crippen LogP contribution in [-0.4, -0.2) is 55.9 Å². The summed E-state index contributed by atoms with van der Waals surface area (Å²) in [6.45, 7) is 3.29. The molecule has 0 aromatic heterocycles. The zero-order valence-electron chi connectivity index (χ0n) is 10.7. The summed E-state index contributed by atoms with van der Waals surface area (Å²) < 4.78 is 4.86. The summed E-state index contributed by atoms with van der Waals surface area (Å²) in [6, 6.07) is -0.203. The first-order chi connectivity index (χ1) is 8.01. The van der Waals surface area contributed by atoms with Crippen LogP contribution in [0.1, 0.15) is 19.8 Å². The quantitative estimate of drug-likeness (QED) is 0.663. The van der Waals surface area contributed by atoms with Gasteiger partial charge in [0.25, 0.3) is 0 Å². The normalized spacial score (nSPS) is 11.9. The van der Waals surface area contributed by atoms with Crippen molar-refractivity contribution in [2.75, 3.05) is 33.9 Å². The fraction of sp³-hybridized carbons (Fsp3) is 0.818. The molecule has 0 fully saturated rings. The zero-order valence-corrected chi connectivity index (χ0v) is 10.7. The number of likely N-dealkylation sites (N-methyl/N-ethyl adjacent to an activating group) is 1. The summed E-state index contributed by atoms with van der Waals surface area (Å²) in [6.07, 6.45) is 0.812. The van der Waals surface area contributed by atoms with Crippen LogP contribution in [0.2, 0.25) is 0 Å². The van der Waals surface area contributed by atoms with Gasteiger partial charge in [-0.25, -0.2) is 4.79 Å². The van der Waals surface area contributed by atoms with Gasteiger partial charge in [-0.1, -0.05) is 13.3 Å². The first kappa shape index (κ1) is 15.7. The number of aliphatic carboxylic acids is 1. The maximum absolute atomic E-state index is 11.6. The summed E-state index contributed by atoms with van der Waals surface area (Å²) in [4.78, 5) is 23.6. The van der Waals surface area contributed by atoms with Gasteiger partial charge in [-0.2, -0.15) is 0 Å². The molecular weight excluding hydrogens is 224 g/mol. The number of carboxylic acids is 1. The van der Waals surface area contributed by atoms with Crippen LogP contribution in [0.3, 0.4) is 0 Å². The van der Waals surface area contributed by atoms with Gasteiger partial charge >= 0.3 is 12.0 Å². The molecule has 17 heavy (non-hydrogen) atoms. The van der Waals surface area contributed by atoms with Gasteiger partial charge in [0.1, 0.15) is 0 Å². The predicted molar refractivity (Wildman–Crippen MR) is 63.9 cm³/mol. The van der Waals surface area contributed by atoms with Gasteiger partial charge in [0.05, 0.1) is 6.61 Å². The van der Waals surface area contributed by atoms with Crippen molar-refractivity contribution in [3.63, 3.8) is 0 Å². The van der Waals surface area contributed by atoms with Gasteiger partial charge in [-0.3, -0.25) is 4.79 Å². The second-order valence-electron chi connectivity index (χ2n) is 3.97. The zero-order chi connectivity index (χ0) is 13.3. The highest BCUT2D eigenvalue weighted by Gasteiger charge is 2.14. The lowest BCUT2D eigenvalue weighted by atomic mass is 10.0. The van der Waals surface area contributed by atoms with E-state index in [-0.39, 0.29) is 18.4 Å². The molecule has 0 aliphatic carbocycles. The Labute approximate surface area is 102 Å². The van der Waals surface area contributed by atoms with Gasteiger partial charge in [0.2, 0.25) is 0 Å². The van der Waals surface area contributed by atoms with Crippen molar-refractivity contribution in [1.29, 1.82) is 0 Å². The molecule has 0 saturated heterocycles. The van der Waals surface area contributed by atoms with Crippen molar-refractivity contribution in [3.8, 4) is 0 Å². The summed E-state index contributed by atoms with van der Waals surface area (Å²) in [5.41, 5.74) is 0. The Morgan fingerprint density at radius 1 is 1.47 bits per heavy atom. The van der Waals surface area contributed by atoms with Crippen molar-refractivity contribution >= 4 is 12.0 Å². The minimum absolute atomic E-state index is 0.0210. The molecule has 0 radical (unpaired) electrons. The number of carbonyl (C=O) groups is 2. The monoisotopic (exact) mass is 246 g/mol. The van der Waals surface area contributed by atoms with Gasteiger partial charge < -0.3 is 20.1 Å². The highest BCUT2D eigenvalue weighted by Crippen LogP contribution is 2.06. The first-order valence-electron chi connectivity index (χ1n) is 5.70. The van der Waals surface area contributed by atoms with E-state index >= 15 is 0 Å².